The van der Waals surface area contributed by atoms with Crippen LogP contribution in [0.15, 0.2) is 30.3 Å². The smallest absolute Gasteiger partial charge is 0.664 e. The Morgan fingerprint density at radius 1 is 1.31 bits per heavy atom. The maximum atomic E-state index is 12.4. The number of nitrogens with one attached hydrogen (secondary N) is 1. The molecule has 13 heavy (non-hydrogen) atoms. The first-order valence-electron chi connectivity index (χ1n) is 3.38. The minimum atomic E-state index is -0.765. The maximum Gasteiger partial charge on any atom is 1.00 e. The van der Waals surface area contributed by atoms with Crippen LogP contribution in [0, 0.1) is 5.82 Å². The quantitative estimate of drug-likeness (QED) is 0.451. The molecular weight excluding hydrogens is 180 g/mol. The van der Waals surface area contributed by atoms with E-state index in [1.54, 1.807) is 0 Å². The third-order valence-corrected chi connectivity index (χ3v) is 1.30. The van der Waals surface area contributed by atoms with Gasteiger partial charge in [-0.1, -0.05) is 18.2 Å². The van der Waals surface area contributed by atoms with Crippen molar-refractivity contribution in [1.29, 1.82) is 0 Å². The Hall–Kier alpha value is -0.640. The number of hydrogen-bond acceptors (Lipinski definition) is 1. The Balaban J connectivity index is 0.00000144. The number of carbonyl (C=O) groups excluding carboxylic acids is 1. The molecule has 62 valence electrons. The number of amides is 1. The topological polar surface area (TPSA) is 40.9 Å². The predicted molar refractivity (Wildman–Crippen MR) is 44.8 cm³/mol. The molecule has 0 spiro atoms. The summed E-state index contributed by atoms with van der Waals surface area (Å²) in [6.45, 7) is 0. The second-order valence-electron chi connectivity index (χ2n) is 2.25. The van der Waals surface area contributed by atoms with Gasteiger partial charge in [-0.25, -0.2) is 4.39 Å². The summed E-state index contributed by atoms with van der Waals surface area (Å²) in [4.78, 5) is 10.2. The third-order valence-electron chi connectivity index (χ3n) is 1.30. The summed E-state index contributed by atoms with van der Waals surface area (Å²) >= 11 is 0. The molecule has 2 nitrogen and oxygen atoms in total. The molecule has 1 aromatic carbocycles. The molecule has 0 aliphatic heterocycles. The first-order valence-corrected chi connectivity index (χ1v) is 3.38. The van der Waals surface area contributed by atoms with Gasteiger partial charge < -0.3 is 10.5 Å². The fraction of sp³-hybridized carbons (Fsp3) is 0. The average Bonchev–Trinajstić information content (AvgIpc) is 2.03. The van der Waals surface area contributed by atoms with Crippen molar-refractivity contribution in [2.45, 2.75) is 0 Å². The Kier molecular flexibility index (Phi) is 5.62. The molecule has 0 radical (unpaired) electrons. The minimum Gasteiger partial charge on any atom is -0.664 e. The second-order valence-corrected chi connectivity index (χ2v) is 2.25. The van der Waals surface area contributed by atoms with Crippen molar-refractivity contribution in [3.05, 3.63) is 47.5 Å². The molecule has 0 saturated carbocycles. The van der Waals surface area contributed by atoms with Gasteiger partial charge in [-0.05, 0) is 23.8 Å². The van der Waals surface area contributed by atoms with Gasteiger partial charge in [-0.15, -0.1) is 0 Å². The average molecular weight is 187 g/mol. The number of rotatable bonds is 2. The van der Waals surface area contributed by atoms with Crippen LogP contribution in [-0.2, 0) is 4.79 Å². The standard InChI is InChI=1S/C9H8FNO.Na/c10-8-4-1-7(2-5-8)3-6-9(11)12;/h1-6H,(H2,11,12);/q;+1/p-1. The molecule has 0 atom stereocenters. The van der Waals surface area contributed by atoms with E-state index in [-0.39, 0.29) is 35.4 Å². The van der Waals surface area contributed by atoms with E-state index in [1.165, 1.54) is 30.3 Å². The normalized spacial score (nSPS) is 9.62. The zero-order valence-electron chi connectivity index (χ0n) is 7.25. The summed E-state index contributed by atoms with van der Waals surface area (Å²) in [5, 5.41) is 0. The van der Waals surface area contributed by atoms with Crippen LogP contribution in [0.5, 0.6) is 0 Å². The summed E-state index contributed by atoms with van der Waals surface area (Å²) in [7, 11) is 0. The van der Waals surface area contributed by atoms with E-state index in [2.05, 4.69) is 0 Å². The van der Waals surface area contributed by atoms with E-state index in [4.69, 9.17) is 5.73 Å². The molecule has 1 amide bonds. The fourth-order valence-corrected chi connectivity index (χ4v) is 0.746. The van der Waals surface area contributed by atoms with E-state index < -0.39 is 5.91 Å². The van der Waals surface area contributed by atoms with Crippen molar-refractivity contribution in [2.75, 3.05) is 0 Å². The van der Waals surface area contributed by atoms with Crippen molar-refractivity contribution in [3.63, 3.8) is 0 Å². The monoisotopic (exact) mass is 187 g/mol. The molecule has 0 saturated heterocycles. The number of hydrogen-bond donors (Lipinski definition) is 0. The Morgan fingerprint density at radius 2 is 1.85 bits per heavy atom. The molecule has 4 heteroatoms. The van der Waals surface area contributed by atoms with Crippen molar-refractivity contribution < 1.29 is 38.7 Å². The van der Waals surface area contributed by atoms with Crippen LogP contribution in [0.1, 0.15) is 5.56 Å². The van der Waals surface area contributed by atoms with Crippen LogP contribution in [0.25, 0.3) is 11.8 Å². The van der Waals surface area contributed by atoms with E-state index in [0.29, 0.717) is 5.56 Å². The molecule has 0 aliphatic rings. The van der Waals surface area contributed by atoms with Gasteiger partial charge in [-0.2, -0.15) is 0 Å². The zero-order valence-corrected chi connectivity index (χ0v) is 9.25. The van der Waals surface area contributed by atoms with Crippen molar-refractivity contribution >= 4 is 12.0 Å². The molecule has 0 aromatic heterocycles. The van der Waals surface area contributed by atoms with Crippen molar-refractivity contribution in [2.24, 2.45) is 0 Å². The van der Waals surface area contributed by atoms with Gasteiger partial charge in [0.15, 0.2) is 0 Å². The maximum absolute atomic E-state index is 12.4. The van der Waals surface area contributed by atoms with E-state index in [0.717, 1.165) is 6.08 Å². The molecule has 0 heterocycles. The van der Waals surface area contributed by atoms with Gasteiger partial charge in [0.2, 0.25) is 0 Å². The van der Waals surface area contributed by atoms with E-state index >= 15 is 0 Å². The molecule has 0 aliphatic carbocycles. The van der Waals surface area contributed by atoms with Gasteiger partial charge >= 0.3 is 29.6 Å². The molecule has 1 N–H and O–H groups in total. The third kappa shape index (κ3) is 4.83. The van der Waals surface area contributed by atoms with E-state index in [1.807, 2.05) is 0 Å². The van der Waals surface area contributed by atoms with Crippen LogP contribution in [0.3, 0.4) is 0 Å². The largest absolute Gasteiger partial charge is 1.00 e. The first kappa shape index (κ1) is 12.4. The van der Waals surface area contributed by atoms with Gasteiger partial charge in [0.05, 0.1) is 5.91 Å². The van der Waals surface area contributed by atoms with Gasteiger partial charge in [0.1, 0.15) is 5.82 Å². The summed E-state index contributed by atoms with van der Waals surface area (Å²) in [6.07, 6.45) is 2.59. The number of benzene rings is 1. The van der Waals surface area contributed by atoms with Crippen LogP contribution in [0.4, 0.5) is 4.39 Å². The van der Waals surface area contributed by atoms with Crippen molar-refractivity contribution in [3.8, 4) is 0 Å². The van der Waals surface area contributed by atoms with Crippen LogP contribution < -0.4 is 29.6 Å². The van der Waals surface area contributed by atoms with E-state index in [9.17, 15) is 9.18 Å². The Labute approximate surface area is 97.9 Å². The van der Waals surface area contributed by atoms with Crippen LogP contribution in [-0.4, -0.2) is 5.91 Å². The summed E-state index contributed by atoms with van der Waals surface area (Å²) in [5.41, 5.74) is 7.27. The Bertz CT molecular complexity index is 308. The summed E-state index contributed by atoms with van der Waals surface area (Å²) in [5.74, 6) is -1.08. The van der Waals surface area contributed by atoms with Crippen LogP contribution in [0.2, 0.25) is 0 Å². The first-order chi connectivity index (χ1) is 5.68. The molecule has 1 rings (SSSR count). The molecule has 0 bridgehead atoms. The zero-order chi connectivity index (χ0) is 8.97. The van der Waals surface area contributed by atoms with Gasteiger partial charge in [-0.3, -0.25) is 0 Å². The van der Waals surface area contributed by atoms with Gasteiger partial charge in [0, 0.05) is 0 Å². The number of carbonyl (C=O) groups is 1. The summed E-state index contributed by atoms with van der Waals surface area (Å²) < 4.78 is 12.4. The molecular formula is C9H7FNNaO. The second kappa shape index (κ2) is 5.91. The van der Waals surface area contributed by atoms with Gasteiger partial charge in [0.25, 0.3) is 0 Å². The van der Waals surface area contributed by atoms with Crippen LogP contribution >= 0.6 is 0 Å². The number of halogens is 1. The predicted octanol–water partition coefficient (Wildman–Crippen LogP) is -0.578. The Morgan fingerprint density at radius 3 is 2.31 bits per heavy atom. The minimum absolute atomic E-state index is 0. The fourth-order valence-electron chi connectivity index (χ4n) is 0.746. The molecule has 0 unspecified atom stereocenters. The molecule has 1 aromatic rings. The summed E-state index contributed by atoms with van der Waals surface area (Å²) in [6, 6.07) is 5.67. The molecule has 0 fully saturated rings. The SMILES string of the molecule is [NH-]C(=O)C=Cc1ccc(F)cc1.[Na+]. The van der Waals surface area contributed by atoms with Crippen molar-refractivity contribution in [1.82, 2.24) is 0 Å².